The van der Waals surface area contributed by atoms with Crippen molar-refractivity contribution in [1.82, 2.24) is 20.4 Å². The van der Waals surface area contributed by atoms with Crippen molar-refractivity contribution in [2.75, 3.05) is 0 Å². The monoisotopic (exact) mass is 386 g/mol. The van der Waals surface area contributed by atoms with Crippen molar-refractivity contribution in [1.29, 1.82) is 0 Å². The van der Waals surface area contributed by atoms with Crippen LogP contribution in [0.5, 0.6) is 0 Å². The van der Waals surface area contributed by atoms with Gasteiger partial charge in [-0.1, -0.05) is 90.9 Å². The first-order valence-corrected chi connectivity index (χ1v) is 11.9. The molecular formula is C24H42N4. The Morgan fingerprint density at radius 3 is 1.29 bits per heavy atom. The molecule has 2 aromatic heterocycles. The van der Waals surface area contributed by atoms with Gasteiger partial charge in [-0.2, -0.15) is 10.2 Å². The summed E-state index contributed by atoms with van der Waals surface area (Å²) in [5.41, 5.74) is 4.42. The van der Waals surface area contributed by atoms with E-state index in [4.69, 9.17) is 0 Å². The second kappa shape index (κ2) is 14.4. The van der Waals surface area contributed by atoms with Gasteiger partial charge in [0.15, 0.2) is 0 Å². The van der Waals surface area contributed by atoms with Crippen LogP contribution in [0.15, 0.2) is 12.1 Å². The fraction of sp³-hybridized carbons (Fsp3) is 0.750. The fourth-order valence-electron chi connectivity index (χ4n) is 3.79. The van der Waals surface area contributed by atoms with Crippen molar-refractivity contribution in [2.24, 2.45) is 0 Å². The van der Waals surface area contributed by atoms with Gasteiger partial charge in [-0.15, -0.1) is 0 Å². The number of aromatic nitrogens is 4. The summed E-state index contributed by atoms with van der Waals surface area (Å²) in [7, 11) is 0. The van der Waals surface area contributed by atoms with Crippen LogP contribution in [0, 0.1) is 0 Å². The van der Waals surface area contributed by atoms with E-state index in [9.17, 15) is 0 Å². The fourth-order valence-corrected chi connectivity index (χ4v) is 3.79. The summed E-state index contributed by atoms with van der Waals surface area (Å²) in [6.45, 7) is 4.54. The number of H-pyrrole nitrogens is 2. The van der Waals surface area contributed by atoms with Crippen LogP contribution >= 0.6 is 0 Å². The van der Waals surface area contributed by atoms with Crippen LogP contribution in [0.1, 0.15) is 115 Å². The highest BCUT2D eigenvalue weighted by Crippen LogP contribution is 2.19. The Bertz CT molecular complexity index is 559. The molecule has 0 radical (unpaired) electrons. The number of hydrogen-bond acceptors (Lipinski definition) is 2. The Labute approximate surface area is 172 Å². The molecule has 0 aliphatic heterocycles. The molecule has 2 aromatic rings. The van der Waals surface area contributed by atoms with E-state index in [1.807, 2.05) is 0 Å². The summed E-state index contributed by atoms with van der Waals surface area (Å²) in [5.74, 6) is 0. The molecule has 0 aliphatic rings. The minimum atomic E-state index is 0.972. The molecule has 4 nitrogen and oxygen atoms in total. The second-order valence-electron chi connectivity index (χ2n) is 8.30. The van der Waals surface area contributed by atoms with E-state index in [-0.39, 0.29) is 0 Å². The van der Waals surface area contributed by atoms with Crippen molar-refractivity contribution in [3.05, 3.63) is 23.5 Å². The topological polar surface area (TPSA) is 57.4 Å². The van der Waals surface area contributed by atoms with Gasteiger partial charge in [-0.3, -0.25) is 10.2 Å². The molecule has 2 N–H and O–H groups in total. The molecule has 0 amide bonds. The average molecular weight is 387 g/mol. The lowest BCUT2D eigenvalue weighted by Gasteiger charge is -2.00. The number of nitrogens with one attached hydrogen (secondary N) is 2. The molecule has 28 heavy (non-hydrogen) atoms. The summed E-state index contributed by atoms with van der Waals surface area (Å²) in [5, 5.41) is 15.3. The first-order valence-electron chi connectivity index (χ1n) is 11.9. The Balaban J connectivity index is 1.62. The summed E-state index contributed by atoms with van der Waals surface area (Å²) >= 11 is 0. The summed E-state index contributed by atoms with van der Waals surface area (Å²) in [4.78, 5) is 0. The van der Waals surface area contributed by atoms with Crippen LogP contribution in [0.25, 0.3) is 11.4 Å². The smallest absolute Gasteiger partial charge is 0.113 e. The van der Waals surface area contributed by atoms with Gasteiger partial charge in [0.25, 0.3) is 0 Å². The van der Waals surface area contributed by atoms with Gasteiger partial charge in [-0.05, 0) is 37.8 Å². The molecule has 0 saturated heterocycles. The Kier molecular flexibility index (Phi) is 11.7. The minimum Gasteiger partial charge on any atom is -0.282 e. The standard InChI is InChI=1S/C24H42N4/c1-3-5-7-9-11-13-15-17-21-19-23(27-25-21)24-20-22(26-28-24)18-16-14-12-10-8-6-4-2/h19-20H,3-18H2,1-2H3,(H,25,27)(H,26,28). The predicted octanol–water partition coefficient (Wildman–Crippen LogP) is 7.39. The first-order chi connectivity index (χ1) is 13.8. The molecule has 0 saturated carbocycles. The lowest BCUT2D eigenvalue weighted by Crippen LogP contribution is -1.86. The van der Waals surface area contributed by atoms with E-state index in [2.05, 4.69) is 46.4 Å². The molecule has 2 heterocycles. The van der Waals surface area contributed by atoms with Crippen molar-refractivity contribution in [3.8, 4) is 11.4 Å². The summed E-state index contributed by atoms with van der Waals surface area (Å²) in [6.07, 6.45) is 21.0. The first kappa shape index (κ1) is 22.7. The molecule has 2 rings (SSSR count). The Morgan fingerprint density at radius 2 is 0.893 bits per heavy atom. The molecule has 0 spiro atoms. The molecule has 0 bridgehead atoms. The molecule has 0 atom stereocenters. The van der Waals surface area contributed by atoms with Crippen LogP contribution in [0.4, 0.5) is 0 Å². The maximum atomic E-state index is 4.47. The zero-order valence-corrected chi connectivity index (χ0v) is 18.4. The second-order valence-corrected chi connectivity index (χ2v) is 8.30. The molecule has 0 aliphatic carbocycles. The van der Waals surface area contributed by atoms with E-state index in [0.717, 1.165) is 24.2 Å². The van der Waals surface area contributed by atoms with Crippen molar-refractivity contribution in [2.45, 2.75) is 117 Å². The summed E-state index contributed by atoms with van der Waals surface area (Å²) in [6, 6.07) is 4.34. The van der Waals surface area contributed by atoms with Gasteiger partial charge in [0.1, 0.15) is 11.4 Å². The van der Waals surface area contributed by atoms with E-state index in [0.29, 0.717) is 0 Å². The van der Waals surface area contributed by atoms with Gasteiger partial charge < -0.3 is 0 Å². The SMILES string of the molecule is CCCCCCCCCc1cc(-c2cc(CCCCCCCCC)[nH]n2)n[nH]1. The van der Waals surface area contributed by atoms with Gasteiger partial charge >= 0.3 is 0 Å². The number of unbranched alkanes of at least 4 members (excludes halogenated alkanes) is 12. The third-order valence-corrected chi connectivity index (χ3v) is 5.62. The number of aryl methyl sites for hydroxylation is 2. The van der Waals surface area contributed by atoms with Gasteiger partial charge in [0.2, 0.25) is 0 Å². The van der Waals surface area contributed by atoms with Crippen molar-refractivity contribution < 1.29 is 0 Å². The molecular weight excluding hydrogens is 344 g/mol. The van der Waals surface area contributed by atoms with Gasteiger partial charge in [0, 0.05) is 11.4 Å². The predicted molar refractivity (Wildman–Crippen MR) is 120 cm³/mol. The Hall–Kier alpha value is -1.58. The maximum Gasteiger partial charge on any atom is 0.113 e. The third kappa shape index (κ3) is 9.07. The minimum absolute atomic E-state index is 0.972. The maximum absolute atomic E-state index is 4.47. The molecule has 0 fully saturated rings. The van der Waals surface area contributed by atoms with Crippen LogP contribution < -0.4 is 0 Å². The lowest BCUT2D eigenvalue weighted by atomic mass is 10.1. The molecule has 4 heteroatoms. The molecule has 158 valence electrons. The van der Waals surface area contributed by atoms with E-state index in [1.165, 1.54) is 101 Å². The number of rotatable bonds is 17. The Morgan fingerprint density at radius 1 is 0.536 bits per heavy atom. The molecule has 0 unspecified atom stereocenters. The van der Waals surface area contributed by atoms with E-state index < -0.39 is 0 Å². The van der Waals surface area contributed by atoms with E-state index >= 15 is 0 Å². The average Bonchev–Trinajstić information content (AvgIpc) is 3.36. The highest BCUT2D eigenvalue weighted by atomic mass is 15.2. The van der Waals surface area contributed by atoms with Crippen LogP contribution in [-0.4, -0.2) is 20.4 Å². The zero-order chi connectivity index (χ0) is 19.9. The van der Waals surface area contributed by atoms with Crippen LogP contribution in [0.3, 0.4) is 0 Å². The number of nitrogens with zero attached hydrogens (tertiary/aromatic N) is 2. The number of hydrogen-bond donors (Lipinski definition) is 2. The largest absolute Gasteiger partial charge is 0.282 e. The van der Waals surface area contributed by atoms with Crippen molar-refractivity contribution in [3.63, 3.8) is 0 Å². The quantitative estimate of drug-likeness (QED) is 0.278. The highest BCUT2D eigenvalue weighted by Gasteiger charge is 2.08. The van der Waals surface area contributed by atoms with E-state index in [1.54, 1.807) is 0 Å². The third-order valence-electron chi connectivity index (χ3n) is 5.62. The van der Waals surface area contributed by atoms with Crippen LogP contribution in [0.2, 0.25) is 0 Å². The number of aromatic amines is 2. The highest BCUT2D eigenvalue weighted by molar-refractivity contribution is 5.54. The van der Waals surface area contributed by atoms with Gasteiger partial charge in [0.05, 0.1) is 0 Å². The normalized spacial score (nSPS) is 11.4. The van der Waals surface area contributed by atoms with Gasteiger partial charge in [-0.25, -0.2) is 0 Å². The van der Waals surface area contributed by atoms with Crippen LogP contribution in [-0.2, 0) is 12.8 Å². The zero-order valence-electron chi connectivity index (χ0n) is 18.4. The lowest BCUT2D eigenvalue weighted by molar-refractivity contribution is 0.587. The van der Waals surface area contributed by atoms with Crippen molar-refractivity contribution >= 4 is 0 Å². The summed E-state index contributed by atoms with van der Waals surface area (Å²) < 4.78 is 0. The molecule has 0 aromatic carbocycles.